The molecule has 0 bridgehead atoms. The Morgan fingerprint density at radius 1 is 1.05 bits per heavy atom. The predicted octanol–water partition coefficient (Wildman–Crippen LogP) is 5.91. The summed E-state index contributed by atoms with van der Waals surface area (Å²) in [6.07, 6.45) is 0. The van der Waals surface area contributed by atoms with E-state index in [1.54, 1.807) is 7.11 Å². The highest BCUT2D eigenvalue weighted by Gasteiger charge is 2.17. The third kappa shape index (κ3) is 3.66. The van der Waals surface area contributed by atoms with E-state index in [2.05, 4.69) is 76.9 Å². The quantitative estimate of drug-likeness (QED) is 0.434. The summed E-state index contributed by atoms with van der Waals surface area (Å²) in [4.78, 5) is 0. The van der Waals surface area contributed by atoms with Gasteiger partial charge in [-0.2, -0.15) is 0 Å². The van der Waals surface area contributed by atoms with Gasteiger partial charge in [-0.1, -0.05) is 70.8 Å². The Hall–Kier alpha value is -0.580. The molecule has 4 heteroatoms. The lowest BCUT2D eigenvalue weighted by Gasteiger charge is -2.21. The number of hydrogen-bond acceptors (Lipinski definition) is 2. The fraction of sp³-hybridized carbons (Fsp3) is 0.444. The topological polar surface area (TPSA) is 18.5 Å². The van der Waals surface area contributed by atoms with Crippen molar-refractivity contribution in [1.29, 1.82) is 0 Å². The lowest BCUT2D eigenvalue weighted by atomic mass is 9.85. The van der Waals surface area contributed by atoms with Crippen molar-refractivity contribution in [1.82, 2.24) is 0 Å². The second kappa shape index (κ2) is 7.33. The van der Waals surface area contributed by atoms with Crippen molar-refractivity contribution >= 4 is 42.6 Å². The van der Waals surface area contributed by atoms with E-state index in [4.69, 9.17) is 9.47 Å². The van der Waals surface area contributed by atoms with Crippen LogP contribution < -0.4 is 4.74 Å². The van der Waals surface area contributed by atoms with E-state index >= 15 is 0 Å². The number of halogens is 2. The first kappa shape index (κ1) is 17.8. The minimum absolute atomic E-state index is 0.141. The molecule has 0 spiro atoms. The van der Waals surface area contributed by atoms with Crippen LogP contribution in [0.4, 0.5) is 0 Å². The summed E-state index contributed by atoms with van der Waals surface area (Å²) < 4.78 is 10.9. The molecule has 0 unspecified atom stereocenters. The van der Waals surface area contributed by atoms with Crippen molar-refractivity contribution in [3.63, 3.8) is 0 Å². The fourth-order valence-corrected chi connectivity index (χ4v) is 3.50. The van der Waals surface area contributed by atoms with Gasteiger partial charge in [0.1, 0.15) is 5.75 Å². The molecule has 0 aliphatic heterocycles. The SMILES string of the molecule is COCOc1c(CBr)cc2cc(C(C)(C)C)ccc2c1CBr. The molecule has 2 nitrogen and oxygen atoms in total. The first-order chi connectivity index (χ1) is 10.4. The fourth-order valence-electron chi connectivity index (χ4n) is 2.52. The molecule has 22 heavy (non-hydrogen) atoms. The maximum atomic E-state index is 5.82. The van der Waals surface area contributed by atoms with Gasteiger partial charge in [0.15, 0.2) is 6.79 Å². The Balaban J connectivity index is 2.67. The van der Waals surface area contributed by atoms with E-state index in [1.165, 1.54) is 21.9 Å². The van der Waals surface area contributed by atoms with Crippen LogP contribution >= 0.6 is 31.9 Å². The van der Waals surface area contributed by atoms with Gasteiger partial charge >= 0.3 is 0 Å². The number of rotatable bonds is 5. The zero-order valence-electron chi connectivity index (χ0n) is 13.5. The Labute approximate surface area is 149 Å². The van der Waals surface area contributed by atoms with Gasteiger partial charge in [0.25, 0.3) is 0 Å². The molecule has 0 saturated carbocycles. The van der Waals surface area contributed by atoms with Crippen LogP contribution in [0.3, 0.4) is 0 Å². The van der Waals surface area contributed by atoms with Gasteiger partial charge in [0.2, 0.25) is 0 Å². The number of alkyl halides is 2. The summed E-state index contributed by atoms with van der Waals surface area (Å²) in [5, 5.41) is 3.97. The second-order valence-electron chi connectivity index (χ2n) is 6.35. The molecule has 0 aliphatic rings. The number of benzene rings is 2. The van der Waals surface area contributed by atoms with Gasteiger partial charge in [0, 0.05) is 28.9 Å². The van der Waals surface area contributed by atoms with Crippen molar-refractivity contribution in [2.75, 3.05) is 13.9 Å². The van der Waals surface area contributed by atoms with Crippen LogP contribution in [0, 0.1) is 0 Å². The van der Waals surface area contributed by atoms with Crippen LogP contribution in [0.15, 0.2) is 24.3 Å². The molecule has 120 valence electrons. The van der Waals surface area contributed by atoms with E-state index in [9.17, 15) is 0 Å². The van der Waals surface area contributed by atoms with Crippen LogP contribution in [0.5, 0.6) is 5.75 Å². The van der Waals surface area contributed by atoms with Crippen LogP contribution in [-0.4, -0.2) is 13.9 Å². The molecule has 2 aromatic rings. The van der Waals surface area contributed by atoms with Crippen molar-refractivity contribution in [3.05, 3.63) is 41.0 Å². The predicted molar refractivity (Wildman–Crippen MR) is 100 cm³/mol. The molecule has 0 atom stereocenters. The Morgan fingerprint density at radius 2 is 1.77 bits per heavy atom. The molecular weight excluding hydrogens is 408 g/mol. The highest BCUT2D eigenvalue weighted by molar-refractivity contribution is 9.08. The molecule has 0 amide bonds. The molecule has 0 heterocycles. The molecular formula is C18H22Br2O2. The Morgan fingerprint density at radius 3 is 2.32 bits per heavy atom. The molecule has 0 aliphatic carbocycles. The summed E-state index contributed by atoms with van der Waals surface area (Å²) in [7, 11) is 1.64. The van der Waals surface area contributed by atoms with Crippen LogP contribution in [0.2, 0.25) is 0 Å². The van der Waals surface area contributed by atoms with Crippen molar-refractivity contribution in [2.24, 2.45) is 0 Å². The lowest BCUT2D eigenvalue weighted by molar-refractivity contribution is 0.0502. The Kier molecular flexibility index (Phi) is 5.92. The number of hydrogen-bond donors (Lipinski definition) is 0. The molecule has 2 aromatic carbocycles. The standard InChI is InChI=1S/C18H22Br2O2/c1-18(2,3)14-5-6-15-12(8-14)7-13(9-19)17(16(15)10-20)22-11-21-4/h5-8H,9-11H2,1-4H3. The molecule has 0 aromatic heterocycles. The summed E-state index contributed by atoms with van der Waals surface area (Å²) >= 11 is 7.18. The average Bonchev–Trinajstić information content (AvgIpc) is 2.49. The average molecular weight is 430 g/mol. The van der Waals surface area contributed by atoms with E-state index < -0.39 is 0 Å². The summed E-state index contributed by atoms with van der Waals surface area (Å²) in [5.74, 6) is 0.909. The highest BCUT2D eigenvalue weighted by Crippen LogP contribution is 2.37. The lowest BCUT2D eigenvalue weighted by Crippen LogP contribution is -2.11. The third-order valence-corrected chi connectivity index (χ3v) is 4.90. The zero-order chi connectivity index (χ0) is 16.3. The summed E-state index contributed by atoms with van der Waals surface area (Å²) in [5.41, 5.74) is 3.80. The van der Waals surface area contributed by atoms with Gasteiger partial charge in [0.05, 0.1) is 0 Å². The van der Waals surface area contributed by atoms with Crippen LogP contribution in [-0.2, 0) is 20.8 Å². The van der Waals surface area contributed by atoms with E-state index in [0.29, 0.717) is 0 Å². The van der Waals surface area contributed by atoms with Gasteiger partial charge in [-0.05, 0) is 27.8 Å². The zero-order valence-corrected chi connectivity index (χ0v) is 16.7. The first-order valence-electron chi connectivity index (χ1n) is 7.25. The van der Waals surface area contributed by atoms with E-state index in [0.717, 1.165) is 22.0 Å². The van der Waals surface area contributed by atoms with Gasteiger partial charge in [-0.25, -0.2) is 0 Å². The maximum Gasteiger partial charge on any atom is 0.188 e. The van der Waals surface area contributed by atoms with Crippen LogP contribution in [0.25, 0.3) is 10.8 Å². The second-order valence-corrected chi connectivity index (χ2v) is 7.47. The van der Waals surface area contributed by atoms with E-state index in [1.807, 2.05) is 0 Å². The van der Waals surface area contributed by atoms with Crippen LogP contribution in [0.1, 0.15) is 37.5 Å². The maximum absolute atomic E-state index is 5.82. The molecule has 0 radical (unpaired) electrons. The minimum Gasteiger partial charge on any atom is -0.467 e. The third-order valence-electron chi connectivity index (χ3n) is 3.74. The first-order valence-corrected chi connectivity index (χ1v) is 9.49. The molecule has 0 saturated heterocycles. The molecule has 2 rings (SSSR count). The minimum atomic E-state index is 0.141. The highest BCUT2D eigenvalue weighted by atomic mass is 79.9. The molecule has 0 fully saturated rings. The largest absolute Gasteiger partial charge is 0.467 e. The number of fused-ring (bicyclic) bond motifs is 1. The van der Waals surface area contributed by atoms with Gasteiger partial charge in [-0.3, -0.25) is 0 Å². The van der Waals surface area contributed by atoms with Crippen molar-refractivity contribution in [3.8, 4) is 5.75 Å². The summed E-state index contributed by atoms with van der Waals surface area (Å²) in [6, 6.07) is 8.90. The smallest absolute Gasteiger partial charge is 0.188 e. The van der Waals surface area contributed by atoms with Crippen molar-refractivity contribution in [2.45, 2.75) is 36.8 Å². The normalized spacial score (nSPS) is 11.9. The van der Waals surface area contributed by atoms with Crippen molar-refractivity contribution < 1.29 is 9.47 Å². The van der Waals surface area contributed by atoms with Gasteiger partial charge in [-0.15, -0.1) is 0 Å². The monoisotopic (exact) mass is 428 g/mol. The van der Waals surface area contributed by atoms with Gasteiger partial charge < -0.3 is 9.47 Å². The number of methoxy groups -OCH3 is 1. The molecule has 0 N–H and O–H groups in total. The Bertz CT molecular complexity index is 660. The number of ether oxygens (including phenoxy) is 2. The summed E-state index contributed by atoms with van der Waals surface area (Å²) in [6.45, 7) is 6.97. The van der Waals surface area contributed by atoms with E-state index in [-0.39, 0.29) is 12.2 Å².